The number of nitrogens with one attached hydrogen (secondary N) is 2. The number of unbranched alkanes of at least 4 members (excludes halogenated alkanes) is 1. The van der Waals surface area contributed by atoms with Gasteiger partial charge in [-0.1, -0.05) is 77.4 Å². The first-order chi connectivity index (χ1) is 15.1. The first kappa shape index (κ1) is 26.5. The molecule has 0 saturated heterocycles. The molecular weight excluding hydrogens is 436 g/mol. The lowest BCUT2D eigenvalue weighted by molar-refractivity contribution is 0.296. The van der Waals surface area contributed by atoms with Crippen molar-refractivity contribution in [3.8, 4) is 5.75 Å². The Bertz CT molecular complexity index is 895. The van der Waals surface area contributed by atoms with Gasteiger partial charge in [0.15, 0.2) is 5.11 Å². The normalized spacial score (nSPS) is 11.8. The fourth-order valence-corrected chi connectivity index (χ4v) is 3.74. The van der Waals surface area contributed by atoms with Crippen LogP contribution in [-0.2, 0) is 10.8 Å². The molecule has 0 atom stereocenters. The number of thiocarbonyl (C=S) groups is 1. The molecular formula is C27H39ClN2OS. The van der Waals surface area contributed by atoms with Crippen LogP contribution in [0.2, 0.25) is 5.02 Å². The van der Waals surface area contributed by atoms with E-state index in [1.807, 2.05) is 24.3 Å². The lowest BCUT2D eigenvalue weighted by Gasteiger charge is -2.30. The molecule has 0 aromatic heterocycles. The van der Waals surface area contributed by atoms with Crippen LogP contribution in [0.1, 0.15) is 78.4 Å². The van der Waals surface area contributed by atoms with E-state index in [2.05, 4.69) is 70.4 Å². The van der Waals surface area contributed by atoms with Crippen LogP contribution in [0.15, 0.2) is 42.5 Å². The molecule has 0 heterocycles. The van der Waals surface area contributed by atoms with E-state index in [9.17, 15) is 0 Å². The minimum Gasteiger partial charge on any atom is -0.493 e. The molecule has 5 heteroatoms. The third kappa shape index (κ3) is 7.38. The van der Waals surface area contributed by atoms with Crippen molar-refractivity contribution < 1.29 is 4.74 Å². The highest BCUT2D eigenvalue weighted by molar-refractivity contribution is 7.80. The summed E-state index contributed by atoms with van der Waals surface area (Å²) in [4.78, 5) is 0. The van der Waals surface area contributed by atoms with E-state index in [4.69, 9.17) is 28.6 Å². The second-order valence-electron chi connectivity index (χ2n) is 9.60. The number of rotatable bonds is 11. The summed E-state index contributed by atoms with van der Waals surface area (Å²) in [6, 6.07) is 14.3. The van der Waals surface area contributed by atoms with Gasteiger partial charge in [-0.2, -0.15) is 0 Å². The van der Waals surface area contributed by atoms with Crippen LogP contribution in [-0.4, -0.2) is 18.3 Å². The summed E-state index contributed by atoms with van der Waals surface area (Å²) in [7, 11) is 0. The summed E-state index contributed by atoms with van der Waals surface area (Å²) in [5, 5.41) is 7.62. The number of anilines is 1. The number of hydrogen-bond donors (Lipinski definition) is 2. The van der Waals surface area contributed by atoms with Crippen LogP contribution < -0.4 is 15.4 Å². The van der Waals surface area contributed by atoms with Gasteiger partial charge >= 0.3 is 0 Å². The molecule has 2 N–H and O–H groups in total. The molecule has 3 nitrogen and oxygen atoms in total. The average Bonchev–Trinajstić information content (AvgIpc) is 2.77. The predicted octanol–water partition coefficient (Wildman–Crippen LogP) is 7.86. The number of hydrogen-bond acceptors (Lipinski definition) is 2. The maximum Gasteiger partial charge on any atom is 0.170 e. The van der Waals surface area contributed by atoms with E-state index in [1.54, 1.807) is 0 Å². The summed E-state index contributed by atoms with van der Waals surface area (Å²) in [6.45, 7) is 15.2. The van der Waals surface area contributed by atoms with Crippen molar-refractivity contribution in [2.24, 2.45) is 0 Å². The van der Waals surface area contributed by atoms with Crippen molar-refractivity contribution in [1.82, 2.24) is 5.32 Å². The van der Waals surface area contributed by atoms with Gasteiger partial charge in [-0.05, 0) is 72.5 Å². The molecule has 2 rings (SSSR count). The Morgan fingerprint density at radius 2 is 1.66 bits per heavy atom. The van der Waals surface area contributed by atoms with E-state index in [1.165, 1.54) is 11.1 Å². The minimum absolute atomic E-state index is 0.0767. The molecule has 0 saturated carbocycles. The van der Waals surface area contributed by atoms with Crippen LogP contribution in [0.4, 0.5) is 5.69 Å². The molecule has 0 fully saturated rings. The Labute approximate surface area is 205 Å². The second-order valence-corrected chi connectivity index (χ2v) is 10.4. The van der Waals surface area contributed by atoms with E-state index < -0.39 is 0 Å². The van der Waals surface area contributed by atoms with Crippen LogP contribution >= 0.6 is 23.8 Å². The van der Waals surface area contributed by atoms with Gasteiger partial charge in [0.25, 0.3) is 0 Å². The number of halogens is 1. The van der Waals surface area contributed by atoms with Gasteiger partial charge in [0.1, 0.15) is 5.75 Å². The molecule has 176 valence electrons. The Morgan fingerprint density at radius 1 is 0.969 bits per heavy atom. The van der Waals surface area contributed by atoms with Gasteiger partial charge in [-0.15, -0.1) is 0 Å². The Balaban J connectivity index is 1.87. The van der Waals surface area contributed by atoms with Crippen molar-refractivity contribution in [2.75, 3.05) is 18.5 Å². The van der Waals surface area contributed by atoms with Crippen LogP contribution in [0.3, 0.4) is 0 Å². The Morgan fingerprint density at radius 3 is 2.31 bits per heavy atom. The number of benzene rings is 2. The molecule has 0 aliphatic rings. The zero-order chi connectivity index (χ0) is 23.8. The SMILES string of the molecule is CCC(C)(C)c1ccc(OCCCCNC(=S)Nc2ccccc2Cl)c(C(C)(C)CC)c1. The molecule has 2 aromatic carbocycles. The molecule has 0 radical (unpaired) electrons. The van der Waals surface area contributed by atoms with Crippen molar-refractivity contribution >= 4 is 34.6 Å². The molecule has 0 aliphatic heterocycles. The second kappa shape index (κ2) is 11.9. The highest BCUT2D eigenvalue weighted by Gasteiger charge is 2.26. The smallest absolute Gasteiger partial charge is 0.170 e. The highest BCUT2D eigenvalue weighted by Crippen LogP contribution is 2.38. The summed E-state index contributed by atoms with van der Waals surface area (Å²) < 4.78 is 6.25. The maximum atomic E-state index is 6.25. The lowest BCUT2D eigenvalue weighted by Crippen LogP contribution is -2.29. The quantitative estimate of drug-likeness (QED) is 0.256. The van der Waals surface area contributed by atoms with E-state index >= 15 is 0 Å². The van der Waals surface area contributed by atoms with Crippen LogP contribution in [0, 0.1) is 0 Å². The zero-order valence-electron chi connectivity index (χ0n) is 20.5. The average molecular weight is 475 g/mol. The highest BCUT2D eigenvalue weighted by atomic mass is 35.5. The van der Waals surface area contributed by atoms with E-state index in [0.717, 1.165) is 43.7 Å². The molecule has 0 aliphatic carbocycles. The van der Waals surface area contributed by atoms with Crippen LogP contribution in [0.25, 0.3) is 0 Å². The lowest BCUT2D eigenvalue weighted by atomic mass is 9.76. The van der Waals surface area contributed by atoms with Crippen LogP contribution in [0.5, 0.6) is 5.75 Å². The molecule has 2 aromatic rings. The third-order valence-electron chi connectivity index (χ3n) is 6.49. The minimum atomic E-state index is 0.0767. The van der Waals surface area contributed by atoms with Gasteiger partial charge in [0.05, 0.1) is 17.3 Å². The number of para-hydroxylation sites is 1. The van der Waals surface area contributed by atoms with Gasteiger partial charge in [-0.25, -0.2) is 0 Å². The Hall–Kier alpha value is -1.78. The molecule has 0 bridgehead atoms. The fourth-order valence-electron chi connectivity index (χ4n) is 3.34. The molecule has 0 unspecified atom stereocenters. The first-order valence-electron chi connectivity index (χ1n) is 11.7. The first-order valence-corrected chi connectivity index (χ1v) is 12.5. The van der Waals surface area contributed by atoms with Crippen molar-refractivity contribution in [1.29, 1.82) is 0 Å². The monoisotopic (exact) mass is 474 g/mol. The summed E-state index contributed by atoms with van der Waals surface area (Å²) in [6.07, 6.45) is 4.10. The molecule has 0 spiro atoms. The van der Waals surface area contributed by atoms with Crippen molar-refractivity contribution in [3.63, 3.8) is 0 Å². The van der Waals surface area contributed by atoms with Crippen molar-refractivity contribution in [3.05, 3.63) is 58.6 Å². The topological polar surface area (TPSA) is 33.3 Å². The fraction of sp³-hybridized carbons (Fsp3) is 0.519. The standard InChI is InChI=1S/C27H39ClN2OS/c1-7-26(3,4)20-15-16-24(21(19-20)27(5,6)8-2)31-18-12-11-17-29-25(32)30-23-14-10-9-13-22(23)28/h9-10,13-16,19H,7-8,11-12,17-18H2,1-6H3,(H2,29,30,32). The zero-order valence-corrected chi connectivity index (χ0v) is 22.1. The van der Waals surface area contributed by atoms with E-state index in [-0.39, 0.29) is 10.8 Å². The van der Waals surface area contributed by atoms with Gasteiger partial charge < -0.3 is 15.4 Å². The maximum absolute atomic E-state index is 6.25. The largest absolute Gasteiger partial charge is 0.493 e. The van der Waals surface area contributed by atoms with E-state index in [0.29, 0.717) is 16.7 Å². The predicted molar refractivity (Wildman–Crippen MR) is 143 cm³/mol. The van der Waals surface area contributed by atoms with Gasteiger partial charge in [0, 0.05) is 12.1 Å². The molecule has 0 amide bonds. The van der Waals surface area contributed by atoms with Gasteiger partial charge in [0.2, 0.25) is 0 Å². The van der Waals surface area contributed by atoms with Crippen molar-refractivity contribution in [2.45, 2.75) is 78.1 Å². The summed E-state index contributed by atoms with van der Waals surface area (Å²) >= 11 is 11.5. The third-order valence-corrected chi connectivity index (χ3v) is 7.07. The summed E-state index contributed by atoms with van der Waals surface area (Å²) in [5.74, 6) is 1.01. The number of ether oxygens (including phenoxy) is 1. The molecule has 32 heavy (non-hydrogen) atoms. The Kier molecular flexibility index (Phi) is 9.84. The van der Waals surface area contributed by atoms with Gasteiger partial charge in [-0.3, -0.25) is 0 Å². The summed E-state index contributed by atoms with van der Waals surface area (Å²) in [5.41, 5.74) is 3.75.